The second-order valence-corrected chi connectivity index (χ2v) is 5.97. The fourth-order valence-electron chi connectivity index (χ4n) is 3.47. The van der Waals surface area contributed by atoms with E-state index in [1.807, 2.05) is 11.7 Å². The van der Waals surface area contributed by atoms with Gasteiger partial charge in [-0.15, -0.1) is 0 Å². The van der Waals surface area contributed by atoms with Gasteiger partial charge in [-0.2, -0.15) is 5.10 Å². The second-order valence-electron chi connectivity index (χ2n) is 5.97. The topological polar surface area (TPSA) is 38.1 Å². The van der Waals surface area contributed by atoms with Gasteiger partial charge in [-0.05, 0) is 18.8 Å². The molecule has 4 nitrogen and oxygen atoms in total. The molecule has 98 valence electrons. The van der Waals surface area contributed by atoms with E-state index in [0.29, 0.717) is 23.8 Å². The number of fused-ring (bicyclic) bond motifs is 2. The fraction of sp³-hybridized carbons (Fsp3) is 0.714. The summed E-state index contributed by atoms with van der Waals surface area (Å²) in [7, 11) is 1.98. The van der Waals surface area contributed by atoms with Crippen LogP contribution in [0.2, 0.25) is 0 Å². The lowest BCUT2D eigenvalue weighted by Crippen LogP contribution is -2.43. The molecule has 2 aliphatic heterocycles. The number of ketones is 1. The number of hydrogen-bond acceptors (Lipinski definition) is 3. The number of carbonyl (C=O) groups excluding carboxylic acids is 1. The summed E-state index contributed by atoms with van der Waals surface area (Å²) in [6.07, 6.45) is 5.88. The van der Waals surface area contributed by atoms with E-state index in [1.165, 1.54) is 11.4 Å². The molecule has 2 unspecified atom stereocenters. The van der Waals surface area contributed by atoms with Crippen LogP contribution in [0.25, 0.3) is 0 Å². The maximum absolute atomic E-state index is 11.7. The standard InChI is InChI=1S/C14H21N3O/c1-9(2)14-13(8-16(3)15-14)17-10-4-5-11(17)7-12(18)6-10/h8-11H,4-7H2,1-3H3. The van der Waals surface area contributed by atoms with Crippen molar-refractivity contribution >= 4 is 11.5 Å². The Morgan fingerprint density at radius 1 is 1.28 bits per heavy atom. The van der Waals surface area contributed by atoms with Crippen LogP contribution in [0.15, 0.2) is 6.20 Å². The molecule has 0 N–H and O–H groups in total. The van der Waals surface area contributed by atoms with Crippen molar-refractivity contribution < 1.29 is 4.79 Å². The highest BCUT2D eigenvalue weighted by molar-refractivity contribution is 5.83. The fourth-order valence-corrected chi connectivity index (χ4v) is 3.47. The molecule has 3 rings (SSSR count). The smallest absolute Gasteiger partial charge is 0.137 e. The Labute approximate surface area is 108 Å². The van der Waals surface area contributed by atoms with Gasteiger partial charge in [-0.1, -0.05) is 13.8 Å². The number of nitrogens with zero attached hydrogens (tertiary/aromatic N) is 3. The molecule has 0 aliphatic carbocycles. The normalized spacial score (nSPS) is 27.3. The van der Waals surface area contributed by atoms with E-state index in [2.05, 4.69) is 30.0 Å². The molecule has 3 heterocycles. The van der Waals surface area contributed by atoms with E-state index in [-0.39, 0.29) is 0 Å². The molecule has 0 radical (unpaired) electrons. The summed E-state index contributed by atoms with van der Waals surface area (Å²) in [6, 6.07) is 0.830. The predicted octanol–water partition coefficient (Wildman–Crippen LogP) is 2.24. The summed E-state index contributed by atoms with van der Waals surface area (Å²) < 4.78 is 1.90. The highest BCUT2D eigenvalue weighted by Crippen LogP contribution is 2.40. The molecule has 2 aliphatic rings. The molecule has 2 atom stereocenters. The average molecular weight is 247 g/mol. The Balaban J connectivity index is 1.98. The maximum atomic E-state index is 11.7. The first-order valence-electron chi connectivity index (χ1n) is 6.90. The zero-order valence-electron chi connectivity index (χ0n) is 11.4. The molecule has 1 aromatic rings. The van der Waals surface area contributed by atoms with Gasteiger partial charge in [0, 0.05) is 38.2 Å². The van der Waals surface area contributed by atoms with Crippen LogP contribution in [0.4, 0.5) is 5.69 Å². The van der Waals surface area contributed by atoms with Crippen molar-refractivity contribution in [3.63, 3.8) is 0 Å². The number of anilines is 1. The van der Waals surface area contributed by atoms with E-state index in [4.69, 9.17) is 0 Å². The van der Waals surface area contributed by atoms with Crippen molar-refractivity contribution in [3.05, 3.63) is 11.9 Å². The van der Waals surface area contributed by atoms with Gasteiger partial charge >= 0.3 is 0 Å². The third-order valence-corrected chi connectivity index (χ3v) is 4.21. The number of carbonyl (C=O) groups is 1. The third-order valence-electron chi connectivity index (χ3n) is 4.21. The Bertz CT molecular complexity index is 461. The predicted molar refractivity (Wildman–Crippen MR) is 70.8 cm³/mol. The molecular formula is C14H21N3O. The van der Waals surface area contributed by atoms with E-state index >= 15 is 0 Å². The molecule has 0 amide bonds. The van der Waals surface area contributed by atoms with Crippen molar-refractivity contribution in [1.29, 1.82) is 0 Å². The van der Waals surface area contributed by atoms with Crippen LogP contribution in [0, 0.1) is 0 Å². The van der Waals surface area contributed by atoms with E-state index in [1.54, 1.807) is 0 Å². The monoisotopic (exact) mass is 247 g/mol. The summed E-state index contributed by atoms with van der Waals surface area (Å²) in [5, 5.41) is 4.59. The molecule has 0 spiro atoms. The van der Waals surface area contributed by atoms with Crippen LogP contribution in [0.5, 0.6) is 0 Å². The molecule has 2 saturated heterocycles. The van der Waals surface area contributed by atoms with E-state index in [9.17, 15) is 4.79 Å². The van der Waals surface area contributed by atoms with E-state index in [0.717, 1.165) is 25.7 Å². The number of rotatable bonds is 2. The minimum atomic E-state index is 0.415. The quantitative estimate of drug-likeness (QED) is 0.804. The van der Waals surface area contributed by atoms with Gasteiger partial charge in [-0.3, -0.25) is 9.48 Å². The highest BCUT2D eigenvalue weighted by atomic mass is 16.1. The van der Waals surface area contributed by atoms with Gasteiger partial charge in [0.1, 0.15) is 5.78 Å². The maximum Gasteiger partial charge on any atom is 0.137 e. The highest BCUT2D eigenvalue weighted by Gasteiger charge is 2.41. The van der Waals surface area contributed by atoms with Crippen LogP contribution in [-0.4, -0.2) is 27.6 Å². The Kier molecular flexibility index (Phi) is 2.68. The van der Waals surface area contributed by atoms with Crippen LogP contribution in [-0.2, 0) is 11.8 Å². The van der Waals surface area contributed by atoms with Gasteiger partial charge in [-0.25, -0.2) is 0 Å². The summed E-state index contributed by atoms with van der Waals surface area (Å²) in [6.45, 7) is 4.37. The zero-order valence-corrected chi connectivity index (χ0v) is 11.4. The molecule has 0 aromatic carbocycles. The van der Waals surface area contributed by atoms with Crippen LogP contribution >= 0.6 is 0 Å². The summed E-state index contributed by atoms with van der Waals surface area (Å²) in [5.74, 6) is 0.868. The second kappa shape index (κ2) is 4.11. The molecular weight excluding hydrogens is 226 g/mol. The summed E-state index contributed by atoms with van der Waals surface area (Å²) >= 11 is 0. The lowest BCUT2D eigenvalue weighted by molar-refractivity contribution is -0.120. The molecule has 2 fully saturated rings. The lowest BCUT2D eigenvalue weighted by atomic mass is 9.99. The summed E-state index contributed by atoms with van der Waals surface area (Å²) in [5.41, 5.74) is 2.43. The van der Waals surface area contributed by atoms with Gasteiger partial charge in [0.25, 0.3) is 0 Å². The van der Waals surface area contributed by atoms with Crippen LogP contribution < -0.4 is 4.90 Å². The number of aromatic nitrogens is 2. The first-order valence-corrected chi connectivity index (χ1v) is 6.90. The van der Waals surface area contributed by atoms with Crippen LogP contribution in [0.3, 0.4) is 0 Å². The molecule has 2 bridgehead atoms. The van der Waals surface area contributed by atoms with Crippen molar-refractivity contribution in [2.75, 3.05) is 4.90 Å². The number of piperidine rings is 1. The minimum absolute atomic E-state index is 0.415. The minimum Gasteiger partial charge on any atom is -0.362 e. The SMILES string of the molecule is CC(C)c1nn(C)cc1N1C2CCC1CC(=O)C2. The Morgan fingerprint density at radius 2 is 1.89 bits per heavy atom. The van der Waals surface area contributed by atoms with Crippen LogP contribution in [0.1, 0.15) is 51.1 Å². The van der Waals surface area contributed by atoms with E-state index < -0.39 is 0 Å². The molecule has 18 heavy (non-hydrogen) atoms. The Morgan fingerprint density at radius 3 is 2.44 bits per heavy atom. The third kappa shape index (κ3) is 1.74. The van der Waals surface area contributed by atoms with Gasteiger partial charge in [0.05, 0.1) is 11.4 Å². The van der Waals surface area contributed by atoms with Crippen molar-refractivity contribution in [2.24, 2.45) is 7.05 Å². The first-order chi connectivity index (χ1) is 8.56. The largest absolute Gasteiger partial charge is 0.362 e. The molecule has 4 heteroatoms. The number of aryl methyl sites for hydroxylation is 1. The van der Waals surface area contributed by atoms with Crippen molar-refractivity contribution in [3.8, 4) is 0 Å². The Hall–Kier alpha value is -1.32. The zero-order chi connectivity index (χ0) is 12.9. The number of Topliss-reactive ketones (excluding diaryl/α,β-unsaturated/α-hetero) is 1. The molecule has 1 aromatic heterocycles. The number of hydrogen-bond donors (Lipinski definition) is 0. The molecule has 0 saturated carbocycles. The summed E-state index contributed by atoms with van der Waals surface area (Å²) in [4.78, 5) is 14.2. The van der Waals surface area contributed by atoms with Crippen molar-refractivity contribution in [2.45, 2.75) is 57.5 Å². The average Bonchev–Trinajstić information content (AvgIpc) is 2.78. The van der Waals surface area contributed by atoms with Crippen molar-refractivity contribution in [1.82, 2.24) is 9.78 Å². The first kappa shape index (κ1) is 11.8. The lowest BCUT2D eigenvalue weighted by Gasteiger charge is -2.36. The van der Waals surface area contributed by atoms with Gasteiger partial charge < -0.3 is 4.90 Å². The van der Waals surface area contributed by atoms with Gasteiger partial charge in [0.15, 0.2) is 0 Å². The van der Waals surface area contributed by atoms with Gasteiger partial charge in [0.2, 0.25) is 0 Å².